The van der Waals surface area contributed by atoms with E-state index < -0.39 is 0 Å². The van der Waals surface area contributed by atoms with Crippen LogP contribution in [-0.2, 0) is 5.41 Å². The molecule has 1 heterocycles. The average molecular weight is 339 g/mol. The van der Waals surface area contributed by atoms with Gasteiger partial charge in [-0.05, 0) is 43.9 Å². The maximum absolute atomic E-state index is 6.44. The van der Waals surface area contributed by atoms with Crippen LogP contribution in [0.5, 0.6) is 5.75 Å². The molecule has 3 rings (SSSR count). The maximum Gasteiger partial charge on any atom is 0.131 e. The highest BCUT2D eigenvalue weighted by Crippen LogP contribution is 2.57. The Morgan fingerprint density at radius 1 is 1.00 bits per heavy atom. The van der Waals surface area contributed by atoms with E-state index >= 15 is 0 Å². The summed E-state index contributed by atoms with van der Waals surface area (Å²) >= 11 is 0. The topological polar surface area (TPSA) is 9.23 Å². The molecule has 0 saturated heterocycles. The zero-order valence-electron chi connectivity index (χ0n) is 17.1. The summed E-state index contributed by atoms with van der Waals surface area (Å²) in [5.41, 5.74) is 4.23. The Morgan fingerprint density at radius 3 is 2.32 bits per heavy atom. The highest BCUT2D eigenvalue weighted by atomic mass is 16.5. The number of hydrogen-bond acceptors (Lipinski definition) is 1. The number of aryl methyl sites for hydroxylation is 1. The van der Waals surface area contributed by atoms with Crippen LogP contribution in [0.4, 0.5) is 0 Å². The van der Waals surface area contributed by atoms with Crippen molar-refractivity contribution < 1.29 is 4.74 Å². The second-order valence-corrected chi connectivity index (χ2v) is 7.31. The number of benzene rings is 1. The van der Waals surface area contributed by atoms with E-state index in [-0.39, 0.29) is 10.8 Å². The third kappa shape index (κ3) is 3.10. The van der Waals surface area contributed by atoms with Gasteiger partial charge in [0.1, 0.15) is 11.5 Å². The minimum Gasteiger partial charge on any atom is -0.457 e. The van der Waals surface area contributed by atoms with Gasteiger partial charge in [0.2, 0.25) is 0 Å². The van der Waals surface area contributed by atoms with Gasteiger partial charge in [0.05, 0.1) is 0 Å². The van der Waals surface area contributed by atoms with E-state index in [1.54, 1.807) is 0 Å². The van der Waals surface area contributed by atoms with Gasteiger partial charge in [0, 0.05) is 16.4 Å². The Kier molecular flexibility index (Phi) is 5.98. The molecule has 0 unspecified atom stereocenters. The lowest BCUT2D eigenvalue weighted by Crippen LogP contribution is -2.42. The van der Waals surface area contributed by atoms with Crippen molar-refractivity contribution in [1.29, 1.82) is 0 Å². The molecule has 1 heteroatoms. The predicted octanol–water partition coefficient (Wildman–Crippen LogP) is 7.27. The maximum atomic E-state index is 6.44. The van der Waals surface area contributed by atoms with Crippen molar-refractivity contribution in [3.8, 4) is 5.75 Å². The fourth-order valence-corrected chi connectivity index (χ4v) is 4.30. The van der Waals surface area contributed by atoms with Crippen LogP contribution < -0.4 is 4.74 Å². The van der Waals surface area contributed by atoms with Gasteiger partial charge in [-0.15, -0.1) is 0 Å². The van der Waals surface area contributed by atoms with Gasteiger partial charge in [-0.1, -0.05) is 77.5 Å². The molecule has 0 bridgehead atoms. The van der Waals surface area contributed by atoms with Gasteiger partial charge < -0.3 is 4.74 Å². The van der Waals surface area contributed by atoms with Crippen LogP contribution in [0.25, 0.3) is 0 Å². The standard InChI is InChI=1S/C22H28O.C2H6/c1-6-21(4)17-11-9-8-10-12-19(17)23-20-14-13-16(3)15-18(20)22(21,5)7-2;1-2/h8-10,12-15H,6-7,11H2,1-5H3;1-2H3/t21-,22-;/m0./s1. The SMILES string of the molecule is CC.CC[C@@]1(C)C2=C(C=CC=CC2)Oc2ccc(C)cc2[C@]1(C)CC. The average Bonchev–Trinajstić information content (AvgIpc) is 2.91. The van der Waals surface area contributed by atoms with Crippen molar-refractivity contribution in [2.75, 3.05) is 0 Å². The van der Waals surface area contributed by atoms with Crippen LogP contribution >= 0.6 is 0 Å². The Hall–Kier alpha value is -1.76. The Bertz CT molecular complexity index is 707. The van der Waals surface area contributed by atoms with E-state index in [1.807, 2.05) is 13.8 Å². The first-order valence-corrected chi connectivity index (χ1v) is 9.82. The zero-order chi connectivity index (χ0) is 18.7. The van der Waals surface area contributed by atoms with Crippen LogP contribution in [0.1, 0.15) is 71.9 Å². The van der Waals surface area contributed by atoms with Gasteiger partial charge in [0.15, 0.2) is 0 Å². The molecule has 1 aromatic rings. The van der Waals surface area contributed by atoms with Crippen LogP contribution in [-0.4, -0.2) is 0 Å². The predicted molar refractivity (Wildman–Crippen MR) is 109 cm³/mol. The lowest BCUT2D eigenvalue weighted by molar-refractivity contribution is 0.183. The van der Waals surface area contributed by atoms with Crippen LogP contribution in [0, 0.1) is 12.3 Å². The molecule has 2 aliphatic rings. The summed E-state index contributed by atoms with van der Waals surface area (Å²) in [5, 5.41) is 0. The van der Waals surface area contributed by atoms with Crippen LogP contribution in [0.15, 0.2) is 53.8 Å². The molecular formula is C24H34O. The zero-order valence-corrected chi connectivity index (χ0v) is 17.1. The van der Waals surface area contributed by atoms with E-state index in [2.05, 4.69) is 77.1 Å². The summed E-state index contributed by atoms with van der Waals surface area (Å²) in [7, 11) is 0. The molecule has 25 heavy (non-hydrogen) atoms. The first-order chi connectivity index (χ1) is 12.0. The van der Waals surface area contributed by atoms with Gasteiger partial charge in [-0.2, -0.15) is 0 Å². The van der Waals surface area contributed by atoms with E-state index in [0.717, 1.165) is 30.8 Å². The highest BCUT2D eigenvalue weighted by Gasteiger charge is 2.49. The van der Waals surface area contributed by atoms with Gasteiger partial charge in [-0.3, -0.25) is 0 Å². The van der Waals surface area contributed by atoms with Crippen molar-refractivity contribution in [3.05, 3.63) is 65.0 Å². The first kappa shape index (κ1) is 19.6. The van der Waals surface area contributed by atoms with Crippen LogP contribution in [0.2, 0.25) is 0 Å². The molecule has 136 valence electrons. The number of fused-ring (bicyclic) bond motifs is 1. The van der Waals surface area contributed by atoms with E-state index in [0.29, 0.717) is 0 Å². The minimum atomic E-state index is 0.0617. The summed E-state index contributed by atoms with van der Waals surface area (Å²) < 4.78 is 6.44. The second-order valence-electron chi connectivity index (χ2n) is 7.31. The normalized spacial score (nSPS) is 27.3. The molecule has 0 amide bonds. The molecule has 0 fully saturated rings. The summed E-state index contributed by atoms with van der Waals surface area (Å²) in [5.74, 6) is 2.07. The summed E-state index contributed by atoms with van der Waals surface area (Å²) in [6.07, 6.45) is 11.8. The summed E-state index contributed by atoms with van der Waals surface area (Å²) in [4.78, 5) is 0. The lowest BCUT2D eigenvalue weighted by Gasteiger charge is -2.47. The van der Waals surface area contributed by atoms with E-state index in [4.69, 9.17) is 4.74 Å². The smallest absolute Gasteiger partial charge is 0.131 e. The van der Waals surface area contributed by atoms with Crippen molar-refractivity contribution in [2.24, 2.45) is 5.41 Å². The third-order valence-corrected chi connectivity index (χ3v) is 6.36. The second kappa shape index (κ2) is 7.64. The van der Waals surface area contributed by atoms with Crippen LogP contribution in [0.3, 0.4) is 0 Å². The molecule has 1 aliphatic carbocycles. The number of rotatable bonds is 2. The highest BCUT2D eigenvalue weighted by molar-refractivity contribution is 5.51. The van der Waals surface area contributed by atoms with E-state index in [9.17, 15) is 0 Å². The molecule has 2 atom stereocenters. The fraction of sp³-hybridized carbons (Fsp3) is 0.500. The fourth-order valence-electron chi connectivity index (χ4n) is 4.30. The lowest BCUT2D eigenvalue weighted by atomic mass is 9.55. The molecule has 1 nitrogen and oxygen atoms in total. The van der Waals surface area contributed by atoms with Crippen molar-refractivity contribution in [1.82, 2.24) is 0 Å². The number of hydrogen-bond donors (Lipinski definition) is 0. The minimum absolute atomic E-state index is 0.0617. The van der Waals surface area contributed by atoms with Crippen molar-refractivity contribution in [3.63, 3.8) is 0 Å². The third-order valence-electron chi connectivity index (χ3n) is 6.36. The summed E-state index contributed by atoms with van der Waals surface area (Å²) in [6.45, 7) is 15.7. The molecular weight excluding hydrogens is 304 g/mol. The Balaban J connectivity index is 0.00000109. The molecule has 0 aromatic heterocycles. The largest absolute Gasteiger partial charge is 0.457 e. The van der Waals surface area contributed by atoms with E-state index in [1.165, 1.54) is 16.7 Å². The first-order valence-electron chi connectivity index (χ1n) is 9.82. The van der Waals surface area contributed by atoms with Crippen molar-refractivity contribution in [2.45, 2.75) is 73.1 Å². The van der Waals surface area contributed by atoms with Gasteiger partial charge in [0.25, 0.3) is 0 Å². The summed E-state index contributed by atoms with van der Waals surface area (Å²) in [6, 6.07) is 6.64. The van der Waals surface area contributed by atoms with Gasteiger partial charge in [-0.25, -0.2) is 0 Å². The molecule has 0 spiro atoms. The molecule has 0 N–H and O–H groups in total. The molecule has 0 saturated carbocycles. The Labute approximate surface area is 154 Å². The number of allylic oxidation sites excluding steroid dienone is 5. The van der Waals surface area contributed by atoms with Gasteiger partial charge >= 0.3 is 0 Å². The Morgan fingerprint density at radius 2 is 1.68 bits per heavy atom. The molecule has 1 aromatic carbocycles. The molecule has 1 aliphatic heterocycles. The quantitative estimate of drug-likeness (QED) is 0.551. The van der Waals surface area contributed by atoms with Crippen molar-refractivity contribution >= 4 is 0 Å². The number of ether oxygens (including phenoxy) is 1. The monoisotopic (exact) mass is 338 g/mol. The molecule has 0 radical (unpaired) electrons.